The molecule has 1 aromatic heterocycles. The Morgan fingerprint density at radius 2 is 2.00 bits per heavy atom. The van der Waals surface area contributed by atoms with E-state index in [1.54, 1.807) is 6.07 Å². The number of benzene rings is 2. The quantitative estimate of drug-likeness (QED) is 0.650. The van der Waals surface area contributed by atoms with Gasteiger partial charge in [0.25, 0.3) is 0 Å². The van der Waals surface area contributed by atoms with Gasteiger partial charge in [0.05, 0.1) is 11.0 Å². The summed E-state index contributed by atoms with van der Waals surface area (Å²) in [7, 11) is 0. The number of nitrogens with one attached hydrogen (secondary N) is 1. The first-order chi connectivity index (χ1) is 8.65. The normalized spacial score (nSPS) is 11.0. The fraction of sp³-hybridized carbons (Fsp3) is 0. The highest BCUT2D eigenvalue weighted by Gasteiger charge is 2.07. The fourth-order valence-electron chi connectivity index (χ4n) is 1.96. The van der Waals surface area contributed by atoms with Crippen molar-refractivity contribution in [3.8, 4) is 5.69 Å². The maximum atomic E-state index is 13.2. The van der Waals surface area contributed by atoms with Crippen molar-refractivity contribution in [2.24, 2.45) is 0 Å². The predicted molar refractivity (Wildman–Crippen MR) is 76.1 cm³/mol. The van der Waals surface area contributed by atoms with E-state index in [0.717, 1.165) is 15.7 Å². The molecule has 1 N–H and O–H groups in total. The number of halogens is 2. The van der Waals surface area contributed by atoms with Gasteiger partial charge in [-0.3, -0.25) is 4.57 Å². The van der Waals surface area contributed by atoms with E-state index in [9.17, 15) is 4.39 Å². The SMILES string of the molecule is Fc1ccc2c(c1)[nH]c(=S)n2-c1cccc(Br)c1. The van der Waals surface area contributed by atoms with Crippen LogP contribution in [0.1, 0.15) is 0 Å². The van der Waals surface area contributed by atoms with Crippen LogP contribution in [0.15, 0.2) is 46.9 Å². The van der Waals surface area contributed by atoms with E-state index < -0.39 is 0 Å². The van der Waals surface area contributed by atoms with Crippen LogP contribution in [0.5, 0.6) is 0 Å². The highest BCUT2D eigenvalue weighted by molar-refractivity contribution is 9.10. The van der Waals surface area contributed by atoms with Crippen molar-refractivity contribution in [2.45, 2.75) is 0 Å². The summed E-state index contributed by atoms with van der Waals surface area (Å²) in [4.78, 5) is 3.01. The van der Waals surface area contributed by atoms with Crippen LogP contribution < -0.4 is 0 Å². The summed E-state index contributed by atoms with van der Waals surface area (Å²) in [5.41, 5.74) is 2.49. The molecule has 0 aliphatic heterocycles. The third-order valence-corrected chi connectivity index (χ3v) is 3.49. The molecule has 0 aliphatic carbocycles. The molecule has 0 spiro atoms. The van der Waals surface area contributed by atoms with Crippen molar-refractivity contribution in [3.05, 3.63) is 57.5 Å². The molecule has 2 aromatic carbocycles. The van der Waals surface area contributed by atoms with E-state index in [0.29, 0.717) is 10.3 Å². The lowest BCUT2D eigenvalue weighted by molar-refractivity contribution is 0.629. The zero-order valence-electron chi connectivity index (χ0n) is 9.15. The van der Waals surface area contributed by atoms with Crippen LogP contribution in [0.3, 0.4) is 0 Å². The van der Waals surface area contributed by atoms with Gasteiger partial charge >= 0.3 is 0 Å². The third kappa shape index (κ3) is 1.89. The Morgan fingerprint density at radius 3 is 2.78 bits per heavy atom. The summed E-state index contributed by atoms with van der Waals surface area (Å²) in [6.45, 7) is 0. The van der Waals surface area contributed by atoms with Crippen molar-refractivity contribution in [1.82, 2.24) is 9.55 Å². The number of nitrogens with zero attached hydrogens (tertiary/aromatic N) is 1. The van der Waals surface area contributed by atoms with Gasteiger partial charge < -0.3 is 4.98 Å². The number of imidazole rings is 1. The molecule has 1 heterocycles. The van der Waals surface area contributed by atoms with Gasteiger partial charge in [0.2, 0.25) is 0 Å². The van der Waals surface area contributed by atoms with Gasteiger partial charge in [-0.1, -0.05) is 22.0 Å². The molecular formula is C13H8BrFN2S. The highest BCUT2D eigenvalue weighted by atomic mass is 79.9. The molecule has 3 rings (SSSR count). The summed E-state index contributed by atoms with van der Waals surface area (Å²) >= 11 is 8.72. The molecule has 3 aromatic rings. The Morgan fingerprint density at radius 1 is 1.17 bits per heavy atom. The second-order valence-corrected chi connectivity index (χ2v) is 5.21. The second-order valence-electron chi connectivity index (χ2n) is 3.91. The Labute approximate surface area is 116 Å². The van der Waals surface area contributed by atoms with Gasteiger partial charge in [-0.25, -0.2) is 4.39 Å². The molecule has 0 atom stereocenters. The van der Waals surface area contributed by atoms with Crippen LogP contribution in [0.4, 0.5) is 4.39 Å². The van der Waals surface area contributed by atoms with E-state index in [2.05, 4.69) is 20.9 Å². The maximum Gasteiger partial charge on any atom is 0.182 e. The monoisotopic (exact) mass is 322 g/mol. The van der Waals surface area contributed by atoms with Gasteiger partial charge in [-0.15, -0.1) is 0 Å². The first-order valence-electron chi connectivity index (χ1n) is 5.31. The van der Waals surface area contributed by atoms with Crippen LogP contribution in [-0.2, 0) is 0 Å². The summed E-state index contributed by atoms with van der Waals surface area (Å²) < 4.78 is 16.6. The third-order valence-electron chi connectivity index (χ3n) is 2.71. The average molecular weight is 323 g/mol. The Kier molecular flexibility index (Phi) is 2.80. The van der Waals surface area contributed by atoms with Crippen molar-refractivity contribution in [1.29, 1.82) is 0 Å². The Balaban J connectivity index is 2.35. The lowest BCUT2D eigenvalue weighted by Gasteiger charge is -2.04. The molecule has 0 unspecified atom stereocenters. The summed E-state index contributed by atoms with van der Waals surface area (Å²) in [5, 5.41) is 0. The van der Waals surface area contributed by atoms with E-state index in [1.807, 2.05) is 28.8 Å². The van der Waals surface area contributed by atoms with Crippen LogP contribution in [0, 0.1) is 10.6 Å². The van der Waals surface area contributed by atoms with Gasteiger partial charge in [0, 0.05) is 10.2 Å². The summed E-state index contributed by atoms with van der Waals surface area (Å²) in [6, 6.07) is 12.4. The summed E-state index contributed by atoms with van der Waals surface area (Å²) in [6.07, 6.45) is 0. The fourth-order valence-corrected chi connectivity index (χ4v) is 2.66. The highest BCUT2D eigenvalue weighted by Crippen LogP contribution is 2.22. The minimum absolute atomic E-state index is 0.278. The smallest absolute Gasteiger partial charge is 0.182 e. The van der Waals surface area contributed by atoms with Gasteiger partial charge in [0.15, 0.2) is 4.77 Å². The van der Waals surface area contributed by atoms with E-state index >= 15 is 0 Å². The van der Waals surface area contributed by atoms with E-state index in [1.165, 1.54) is 12.1 Å². The molecule has 0 amide bonds. The predicted octanol–water partition coefficient (Wildman–Crippen LogP) is 4.59. The van der Waals surface area contributed by atoms with Crippen molar-refractivity contribution >= 4 is 39.2 Å². The molecule has 0 fully saturated rings. The molecule has 0 bridgehead atoms. The van der Waals surface area contributed by atoms with E-state index in [-0.39, 0.29) is 5.82 Å². The molecule has 90 valence electrons. The van der Waals surface area contributed by atoms with Crippen molar-refractivity contribution in [2.75, 3.05) is 0 Å². The number of hydrogen-bond donors (Lipinski definition) is 1. The zero-order valence-corrected chi connectivity index (χ0v) is 11.6. The zero-order chi connectivity index (χ0) is 12.7. The average Bonchev–Trinajstić information content (AvgIpc) is 2.64. The lowest BCUT2D eigenvalue weighted by atomic mass is 10.3. The minimum atomic E-state index is -0.278. The van der Waals surface area contributed by atoms with Crippen LogP contribution in [-0.4, -0.2) is 9.55 Å². The number of H-pyrrole nitrogens is 1. The van der Waals surface area contributed by atoms with E-state index in [4.69, 9.17) is 12.2 Å². The minimum Gasteiger partial charge on any atom is -0.330 e. The van der Waals surface area contributed by atoms with Crippen LogP contribution >= 0.6 is 28.1 Å². The first-order valence-corrected chi connectivity index (χ1v) is 6.51. The largest absolute Gasteiger partial charge is 0.330 e. The standard InChI is InChI=1S/C13H8BrFN2S/c14-8-2-1-3-10(6-8)17-12-5-4-9(15)7-11(12)16-13(17)18/h1-7H,(H,16,18). The number of aromatic amines is 1. The molecule has 0 saturated carbocycles. The van der Waals surface area contributed by atoms with Crippen molar-refractivity contribution < 1.29 is 4.39 Å². The van der Waals surface area contributed by atoms with Gasteiger partial charge in [-0.05, 0) is 48.6 Å². The molecule has 18 heavy (non-hydrogen) atoms. The topological polar surface area (TPSA) is 20.7 Å². The molecule has 0 radical (unpaired) electrons. The summed E-state index contributed by atoms with van der Waals surface area (Å²) in [5.74, 6) is -0.278. The molecule has 2 nitrogen and oxygen atoms in total. The van der Waals surface area contributed by atoms with Crippen molar-refractivity contribution in [3.63, 3.8) is 0 Å². The number of fused-ring (bicyclic) bond motifs is 1. The first kappa shape index (κ1) is 11.6. The number of hydrogen-bond acceptors (Lipinski definition) is 1. The maximum absolute atomic E-state index is 13.2. The van der Waals surface area contributed by atoms with Crippen LogP contribution in [0.2, 0.25) is 0 Å². The lowest BCUT2D eigenvalue weighted by Crippen LogP contribution is -1.93. The Hall–Kier alpha value is -1.46. The second kappa shape index (κ2) is 4.33. The number of rotatable bonds is 1. The van der Waals surface area contributed by atoms with Gasteiger partial charge in [0.1, 0.15) is 5.82 Å². The molecule has 5 heteroatoms. The van der Waals surface area contributed by atoms with Crippen LogP contribution in [0.25, 0.3) is 16.7 Å². The van der Waals surface area contributed by atoms with Gasteiger partial charge in [-0.2, -0.15) is 0 Å². The molecule has 0 aliphatic rings. The molecule has 0 saturated heterocycles. The number of aromatic nitrogens is 2. The Bertz CT molecular complexity index is 791. The molecular weight excluding hydrogens is 315 g/mol.